The summed E-state index contributed by atoms with van der Waals surface area (Å²) in [4.78, 5) is 28.8. The summed E-state index contributed by atoms with van der Waals surface area (Å²) in [5, 5.41) is 13.4. The number of rotatable bonds is 9. The molecule has 1 amide bonds. The Morgan fingerprint density at radius 2 is 2.23 bits per heavy atom. The third-order valence-electron chi connectivity index (χ3n) is 4.32. The number of carboxylic acids is 1. The molecule has 12 heteroatoms. The van der Waals surface area contributed by atoms with Crippen molar-refractivity contribution in [2.45, 2.75) is 29.6 Å². The summed E-state index contributed by atoms with van der Waals surface area (Å²) in [6.07, 6.45) is -3.70. The maximum atomic E-state index is 12.4. The van der Waals surface area contributed by atoms with Crippen molar-refractivity contribution in [1.82, 2.24) is 9.88 Å². The SMILES string of the molecule is O=C(O)c1csc(SCCN2C(=O)CCC2CNc2cccc(OC(F)(F)F)c2)n1. The number of carbonyl (C=O) groups is 2. The predicted molar refractivity (Wildman–Crippen MR) is 106 cm³/mol. The molecule has 1 aliphatic heterocycles. The van der Waals surface area contributed by atoms with Crippen molar-refractivity contribution in [1.29, 1.82) is 0 Å². The van der Waals surface area contributed by atoms with Crippen LogP contribution >= 0.6 is 23.1 Å². The summed E-state index contributed by atoms with van der Waals surface area (Å²) >= 11 is 2.62. The Hall–Kier alpha value is -2.47. The molecule has 1 atom stereocenters. The molecular weight excluding hydrogens is 443 g/mol. The summed E-state index contributed by atoms with van der Waals surface area (Å²) in [7, 11) is 0. The van der Waals surface area contributed by atoms with Crippen LogP contribution in [-0.4, -0.2) is 58.1 Å². The van der Waals surface area contributed by atoms with Crippen LogP contribution in [0.15, 0.2) is 34.0 Å². The Morgan fingerprint density at radius 1 is 1.43 bits per heavy atom. The van der Waals surface area contributed by atoms with Crippen LogP contribution < -0.4 is 10.1 Å². The first-order valence-electron chi connectivity index (χ1n) is 8.92. The average molecular weight is 461 g/mol. The van der Waals surface area contributed by atoms with E-state index in [-0.39, 0.29) is 23.4 Å². The van der Waals surface area contributed by atoms with E-state index in [0.29, 0.717) is 41.7 Å². The van der Waals surface area contributed by atoms with Crippen molar-refractivity contribution in [3.8, 4) is 5.75 Å². The molecule has 0 bridgehead atoms. The highest BCUT2D eigenvalue weighted by molar-refractivity contribution is 8.01. The van der Waals surface area contributed by atoms with E-state index in [1.54, 1.807) is 11.0 Å². The summed E-state index contributed by atoms with van der Waals surface area (Å²) < 4.78 is 41.6. The molecule has 30 heavy (non-hydrogen) atoms. The Bertz CT molecular complexity index is 907. The molecule has 162 valence electrons. The van der Waals surface area contributed by atoms with Crippen LogP contribution in [0.2, 0.25) is 0 Å². The third-order valence-corrected chi connectivity index (χ3v) is 6.32. The van der Waals surface area contributed by atoms with Gasteiger partial charge in [0.05, 0.1) is 0 Å². The molecule has 2 N–H and O–H groups in total. The van der Waals surface area contributed by atoms with E-state index < -0.39 is 12.3 Å². The number of thioether (sulfide) groups is 1. The number of aromatic nitrogens is 1. The molecule has 3 rings (SSSR count). The zero-order valence-electron chi connectivity index (χ0n) is 15.5. The first-order valence-corrected chi connectivity index (χ1v) is 10.8. The number of benzene rings is 1. The fraction of sp³-hybridized carbons (Fsp3) is 0.389. The minimum Gasteiger partial charge on any atom is -0.476 e. The van der Waals surface area contributed by atoms with Gasteiger partial charge in [-0.15, -0.1) is 24.5 Å². The quantitative estimate of drug-likeness (QED) is 0.547. The lowest BCUT2D eigenvalue weighted by atomic mass is 10.2. The smallest absolute Gasteiger partial charge is 0.476 e. The van der Waals surface area contributed by atoms with Crippen molar-refractivity contribution in [3.05, 3.63) is 35.3 Å². The van der Waals surface area contributed by atoms with Gasteiger partial charge in [-0.1, -0.05) is 17.8 Å². The number of likely N-dealkylation sites (tertiary alicyclic amines) is 1. The van der Waals surface area contributed by atoms with Crippen LogP contribution in [0.25, 0.3) is 0 Å². The lowest BCUT2D eigenvalue weighted by molar-refractivity contribution is -0.274. The molecule has 1 saturated heterocycles. The van der Waals surface area contributed by atoms with Gasteiger partial charge in [0, 0.05) is 48.4 Å². The number of ether oxygens (including phenoxy) is 1. The number of carboxylic acid groups (broad SMARTS) is 1. The molecule has 0 saturated carbocycles. The number of carbonyl (C=O) groups excluding carboxylic acids is 1. The molecule has 1 unspecified atom stereocenters. The first-order chi connectivity index (χ1) is 14.2. The summed E-state index contributed by atoms with van der Waals surface area (Å²) in [5.74, 6) is -0.818. The van der Waals surface area contributed by atoms with Gasteiger partial charge in [-0.25, -0.2) is 9.78 Å². The zero-order chi connectivity index (χ0) is 21.7. The number of hydrogen-bond donors (Lipinski definition) is 2. The molecule has 0 aliphatic carbocycles. The second kappa shape index (κ2) is 9.56. The minimum absolute atomic E-state index is 0.00133. The monoisotopic (exact) mass is 461 g/mol. The number of nitrogens with one attached hydrogen (secondary N) is 1. The topological polar surface area (TPSA) is 91.8 Å². The fourth-order valence-electron chi connectivity index (χ4n) is 3.00. The number of halogens is 3. The van der Waals surface area contributed by atoms with Gasteiger partial charge < -0.3 is 20.1 Å². The predicted octanol–water partition coefficient (Wildman–Crippen LogP) is 3.94. The number of nitrogens with zero attached hydrogens (tertiary/aromatic N) is 2. The van der Waals surface area contributed by atoms with E-state index in [1.807, 2.05) is 0 Å². The van der Waals surface area contributed by atoms with Gasteiger partial charge >= 0.3 is 12.3 Å². The molecule has 1 aromatic carbocycles. The van der Waals surface area contributed by atoms with Gasteiger partial charge in [-0.05, 0) is 18.6 Å². The van der Waals surface area contributed by atoms with E-state index in [2.05, 4.69) is 15.0 Å². The number of thiazole rings is 1. The van der Waals surface area contributed by atoms with Crippen molar-refractivity contribution >= 4 is 40.7 Å². The standard InChI is InChI=1S/C18H18F3N3O4S2/c19-18(20,21)28-13-3-1-2-11(8-13)22-9-12-4-5-15(25)24(12)6-7-29-17-23-14(10-30-17)16(26)27/h1-3,8,10,12,22H,4-7,9H2,(H,26,27). The molecular formula is C18H18F3N3O4S2. The number of amides is 1. The van der Waals surface area contributed by atoms with Crippen LogP contribution in [0.3, 0.4) is 0 Å². The van der Waals surface area contributed by atoms with Crippen molar-refractivity contribution in [2.75, 3.05) is 24.2 Å². The second-order valence-electron chi connectivity index (χ2n) is 6.39. The van der Waals surface area contributed by atoms with Crippen molar-refractivity contribution in [3.63, 3.8) is 0 Å². The van der Waals surface area contributed by atoms with E-state index >= 15 is 0 Å². The van der Waals surface area contributed by atoms with E-state index in [4.69, 9.17) is 5.11 Å². The van der Waals surface area contributed by atoms with Gasteiger partial charge in [0.1, 0.15) is 5.75 Å². The minimum atomic E-state index is -4.76. The zero-order valence-corrected chi connectivity index (χ0v) is 17.1. The molecule has 0 spiro atoms. The normalized spacial score (nSPS) is 16.7. The molecule has 1 aromatic heterocycles. The maximum Gasteiger partial charge on any atom is 0.573 e. The number of hydrogen-bond acceptors (Lipinski definition) is 7. The third kappa shape index (κ3) is 6.26. The van der Waals surface area contributed by atoms with Crippen LogP contribution in [-0.2, 0) is 4.79 Å². The van der Waals surface area contributed by atoms with Gasteiger partial charge in [0.2, 0.25) is 5.91 Å². The van der Waals surface area contributed by atoms with Gasteiger partial charge in [0.15, 0.2) is 10.0 Å². The maximum absolute atomic E-state index is 12.4. The van der Waals surface area contributed by atoms with Gasteiger partial charge in [-0.2, -0.15) is 0 Å². The Balaban J connectivity index is 1.51. The Kier molecular flexibility index (Phi) is 7.08. The molecule has 1 fully saturated rings. The van der Waals surface area contributed by atoms with Gasteiger partial charge in [-0.3, -0.25) is 4.79 Å². The van der Waals surface area contributed by atoms with E-state index in [0.717, 1.165) is 0 Å². The van der Waals surface area contributed by atoms with Crippen LogP contribution in [0.4, 0.5) is 18.9 Å². The summed E-state index contributed by atoms with van der Waals surface area (Å²) in [5.41, 5.74) is 0.466. The Labute approximate surface area is 178 Å². The summed E-state index contributed by atoms with van der Waals surface area (Å²) in [6, 6.07) is 5.47. The lowest BCUT2D eigenvalue weighted by Crippen LogP contribution is -2.39. The van der Waals surface area contributed by atoms with Crippen LogP contribution in [0, 0.1) is 0 Å². The number of aromatic carboxylic acids is 1. The molecule has 1 aliphatic rings. The largest absolute Gasteiger partial charge is 0.573 e. The van der Waals surface area contributed by atoms with Crippen LogP contribution in [0.1, 0.15) is 23.3 Å². The highest BCUT2D eigenvalue weighted by Crippen LogP contribution is 2.27. The second-order valence-corrected chi connectivity index (χ2v) is 8.59. The average Bonchev–Trinajstić information content (AvgIpc) is 3.27. The molecule has 2 heterocycles. The molecule has 7 nitrogen and oxygen atoms in total. The van der Waals surface area contributed by atoms with Gasteiger partial charge in [0.25, 0.3) is 0 Å². The van der Waals surface area contributed by atoms with Crippen molar-refractivity contribution in [2.24, 2.45) is 0 Å². The van der Waals surface area contributed by atoms with E-state index in [1.165, 1.54) is 46.7 Å². The number of anilines is 1. The Morgan fingerprint density at radius 3 is 2.93 bits per heavy atom. The van der Waals surface area contributed by atoms with Crippen molar-refractivity contribution < 1.29 is 32.6 Å². The lowest BCUT2D eigenvalue weighted by Gasteiger charge is -2.25. The molecule has 2 aromatic rings. The highest BCUT2D eigenvalue weighted by atomic mass is 32.2. The molecule has 0 radical (unpaired) electrons. The first kappa shape index (κ1) is 22.2. The van der Waals surface area contributed by atoms with E-state index in [9.17, 15) is 22.8 Å². The summed E-state index contributed by atoms with van der Waals surface area (Å²) in [6.45, 7) is 0.862. The highest BCUT2D eigenvalue weighted by Gasteiger charge is 2.32. The van der Waals surface area contributed by atoms with Crippen LogP contribution in [0.5, 0.6) is 5.75 Å². The fourth-order valence-corrected chi connectivity index (χ4v) is 4.81. The number of alkyl halides is 3.